The number of guanidine groups is 1. The van der Waals surface area contributed by atoms with Gasteiger partial charge in [-0.25, -0.2) is 4.98 Å². The zero-order valence-electron chi connectivity index (χ0n) is 10.8. The molecule has 0 aliphatic rings. The second kappa shape index (κ2) is 5.83. The van der Waals surface area contributed by atoms with Gasteiger partial charge in [0.05, 0.1) is 17.9 Å². The summed E-state index contributed by atoms with van der Waals surface area (Å²) in [7, 11) is 0. The van der Waals surface area contributed by atoms with E-state index in [1.54, 1.807) is 12.1 Å². The maximum atomic E-state index is 10.9. The van der Waals surface area contributed by atoms with Crippen molar-refractivity contribution in [2.24, 2.45) is 16.5 Å². The molecule has 0 atom stereocenters. The molecular formula is C12H14N6O2. The van der Waals surface area contributed by atoms with Gasteiger partial charge in [-0.05, 0) is 12.1 Å². The van der Waals surface area contributed by atoms with Gasteiger partial charge < -0.3 is 21.2 Å². The first-order valence-electron chi connectivity index (χ1n) is 5.80. The van der Waals surface area contributed by atoms with E-state index in [2.05, 4.69) is 20.3 Å². The number of carbonyl (C=O) groups is 1. The van der Waals surface area contributed by atoms with E-state index in [1.165, 1.54) is 13.2 Å². The van der Waals surface area contributed by atoms with Gasteiger partial charge in [-0.2, -0.15) is 9.98 Å². The number of oxazole rings is 1. The number of nitrogens with zero attached hydrogens (tertiary/aromatic N) is 3. The fourth-order valence-electron chi connectivity index (χ4n) is 1.48. The Morgan fingerprint density at radius 3 is 2.85 bits per heavy atom. The molecule has 2 aromatic rings. The van der Waals surface area contributed by atoms with Crippen molar-refractivity contribution in [1.29, 1.82) is 0 Å². The SMILES string of the molecule is CC(=O)NCc1cccc(-c2coc(N=C(N)N)n2)n1. The smallest absolute Gasteiger partial charge is 0.325 e. The van der Waals surface area contributed by atoms with Gasteiger partial charge in [-0.15, -0.1) is 0 Å². The molecule has 2 heterocycles. The third-order valence-electron chi connectivity index (χ3n) is 2.30. The molecule has 0 unspecified atom stereocenters. The third-order valence-corrected chi connectivity index (χ3v) is 2.30. The molecule has 0 radical (unpaired) electrons. The molecule has 104 valence electrons. The zero-order chi connectivity index (χ0) is 14.5. The number of hydrogen-bond acceptors (Lipinski definition) is 5. The van der Waals surface area contributed by atoms with Crippen molar-refractivity contribution in [3.8, 4) is 11.4 Å². The number of amides is 1. The van der Waals surface area contributed by atoms with Crippen LogP contribution >= 0.6 is 0 Å². The van der Waals surface area contributed by atoms with Gasteiger partial charge in [0.2, 0.25) is 5.91 Å². The molecule has 0 spiro atoms. The van der Waals surface area contributed by atoms with E-state index in [0.717, 1.165) is 0 Å². The molecule has 8 nitrogen and oxygen atoms in total. The monoisotopic (exact) mass is 274 g/mol. The number of aliphatic imine (C=N–C) groups is 1. The van der Waals surface area contributed by atoms with E-state index >= 15 is 0 Å². The normalized spacial score (nSPS) is 10.1. The van der Waals surface area contributed by atoms with Crippen molar-refractivity contribution in [1.82, 2.24) is 15.3 Å². The van der Waals surface area contributed by atoms with Gasteiger partial charge in [0.1, 0.15) is 12.0 Å². The molecule has 0 saturated heterocycles. The van der Waals surface area contributed by atoms with E-state index < -0.39 is 0 Å². The fourth-order valence-corrected chi connectivity index (χ4v) is 1.48. The lowest BCUT2D eigenvalue weighted by atomic mass is 10.2. The number of nitrogens with one attached hydrogen (secondary N) is 1. The summed E-state index contributed by atoms with van der Waals surface area (Å²) in [6.07, 6.45) is 1.41. The highest BCUT2D eigenvalue weighted by molar-refractivity contribution is 5.77. The van der Waals surface area contributed by atoms with Crippen LogP contribution < -0.4 is 16.8 Å². The molecule has 0 fully saturated rings. The number of nitrogens with two attached hydrogens (primary N) is 2. The van der Waals surface area contributed by atoms with E-state index in [0.29, 0.717) is 23.6 Å². The average molecular weight is 274 g/mol. The van der Waals surface area contributed by atoms with Gasteiger partial charge in [0.25, 0.3) is 0 Å². The third kappa shape index (κ3) is 3.55. The fraction of sp³-hybridized carbons (Fsp3) is 0.167. The van der Waals surface area contributed by atoms with Gasteiger partial charge in [-0.1, -0.05) is 6.07 Å². The van der Waals surface area contributed by atoms with Gasteiger partial charge in [0.15, 0.2) is 5.96 Å². The minimum atomic E-state index is -0.134. The topological polar surface area (TPSA) is 132 Å². The first-order valence-corrected chi connectivity index (χ1v) is 5.80. The predicted octanol–water partition coefficient (Wildman–Crippen LogP) is 0.278. The Morgan fingerprint density at radius 2 is 2.15 bits per heavy atom. The summed E-state index contributed by atoms with van der Waals surface area (Å²) in [5.41, 5.74) is 12.3. The molecule has 0 aliphatic heterocycles. The standard InChI is InChI=1S/C12H14N6O2/c1-7(19)15-5-8-3-2-4-9(16-8)10-6-20-12(17-10)18-11(13)14/h2-4,6H,5H2,1H3,(H,15,19)(H4,13,14,17,18). The molecule has 0 bridgehead atoms. The minimum absolute atomic E-state index is 0.0639. The lowest BCUT2D eigenvalue weighted by Gasteiger charge is -2.02. The lowest BCUT2D eigenvalue weighted by molar-refractivity contribution is -0.119. The van der Waals surface area contributed by atoms with Crippen molar-refractivity contribution in [2.45, 2.75) is 13.5 Å². The summed E-state index contributed by atoms with van der Waals surface area (Å²) in [5.74, 6) is -0.251. The molecule has 0 aromatic carbocycles. The van der Waals surface area contributed by atoms with Crippen LogP contribution in [0.3, 0.4) is 0 Å². The molecule has 1 amide bonds. The zero-order valence-corrected chi connectivity index (χ0v) is 10.8. The Bertz CT molecular complexity index is 645. The van der Waals surface area contributed by atoms with Crippen LogP contribution in [-0.4, -0.2) is 21.8 Å². The molecule has 0 saturated carbocycles. The number of aromatic nitrogens is 2. The van der Waals surface area contributed by atoms with Crippen molar-refractivity contribution >= 4 is 17.9 Å². The second-order valence-electron chi connectivity index (χ2n) is 3.98. The Morgan fingerprint density at radius 1 is 1.35 bits per heavy atom. The Balaban J connectivity index is 2.20. The highest BCUT2D eigenvalue weighted by Gasteiger charge is 2.08. The molecular weight excluding hydrogens is 260 g/mol. The molecule has 20 heavy (non-hydrogen) atoms. The summed E-state index contributed by atoms with van der Waals surface area (Å²) in [6, 6.07) is 5.45. The summed E-state index contributed by atoms with van der Waals surface area (Å²) < 4.78 is 5.10. The van der Waals surface area contributed by atoms with Crippen LogP contribution in [0.15, 0.2) is 33.9 Å². The van der Waals surface area contributed by atoms with Crippen LogP contribution in [-0.2, 0) is 11.3 Å². The summed E-state index contributed by atoms with van der Waals surface area (Å²) in [6.45, 7) is 1.80. The number of hydrogen-bond donors (Lipinski definition) is 3. The van der Waals surface area contributed by atoms with Crippen LogP contribution in [0.5, 0.6) is 0 Å². The number of carbonyl (C=O) groups excluding carboxylic acids is 1. The predicted molar refractivity (Wildman–Crippen MR) is 72.7 cm³/mol. The Labute approximate surface area is 114 Å². The lowest BCUT2D eigenvalue weighted by Crippen LogP contribution is -2.21. The van der Waals surface area contributed by atoms with Gasteiger partial charge in [0, 0.05) is 6.92 Å². The Hall–Kier alpha value is -2.90. The van der Waals surface area contributed by atoms with Crippen LogP contribution in [0, 0.1) is 0 Å². The van der Waals surface area contributed by atoms with Crippen LogP contribution in [0.4, 0.5) is 6.01 Å². The van der Waals surface area contributed by atoms with E-state index in [1.807, 2.05) is 6.07 Å². The summed E-state index contributed by atoms with van der Waals surface area (Å²) >= 11 is 0. The van der Waals surface area contributed by atoms with Crippen LogP contribution in [0.2, 0.25) is 0 Å². The van der Waals surface area contributed by atoms with Crippen LogP contribution in [0.25, 0.3) is 11.4 Å². The van der Waals surface area contributed by atoms with Gasteiger partial charge in [-0.3, -0.25) is 4.79 Å². The molecule has 2 aromatic heterocycles. The summed E-state index contributed by atoms with van der Waals surface area (Å²) in [5, 5.41) is 2.67. The number of pyridine rings is 1. The average Bonchev–Trinajstić information content (AvgIpc) is 2.84. The minimum Gasteiger partial charge on any atom is -0.430 e. The maximum absolute atomic E-state index is 10.9. The molecule has 5 N–H and O–H groups in total. The van der Waals surface area contributed by atoms with Crippen LogP contribution in [0.1, 0.15) is 12.6 Å². The number of rotatable bonds is 4. The van der Waals surface area contributed by atoms with Gasteiger partial charge >= 0.3 is 6.01 Å². The highest BCUT2D eigenvalue weighted by atomic mass is 16.4. The second-order valence-corrected chi connectivity index (χ2v) is 3.98. The van der Waals surface area contributed by atoms with Crippen molar-refractivity contribution in [3.05, 3.63) is 30.2 Å². The van der Waals surface area contributed by atoms with E-state index in [-0.39, 0.29) is 17.9 Å². The molecule has 0 aliphatic carbocycles. The molecule has 8 heteroatoms. The quantitative estimate of drug-likeness (QED) is 0.541. The van der Waals surface area contributed by atoms with E-state index in [4.69, 9.17) is 15.9 Å². The highest BCUT2D eigenvalue weighted by Crippen LogP contribution is 2.20. The first kappa shape index (κ1) is 13.5. The van der Waals surface area contributed by atoms with Crippen molar-refractivity contribution in [2.75, 3.05) is 0 Å². The first-order chi connectivity index (χ1) is 9.54. The van der Waals surface area contributed by atoms with E-state index in [9.17, 15) is 4.79 Å². The largest absolute Gasteiger partial charge is 0.430 e. The Kier molecular flexibility index (Phi) is 3.94. The molecule has 2 rings (SSSR count). The van der Waals surface area contributed by atoms with Crippen molar-refractivity contribution < 1.29 is 9.21 Å². The maximum Gasteiger partial charge on any atom is 0.325 e. The summed E-state index contributed by atoms with van der Waals surface area (Å²) in [4.78, 5) is 23.0. The van der Waals surface area contributed by atoms with Crippen molar-refractivity contribution in [3.63, 3.8) is 0 Å².